The lowest BCUT2D eigenvalue weighted by molar-refractivity contribution is -0.148. The molecule has 0 saturated carbocycles. The number of nitrogens with two attached hydrogens (primary N) is 1. The monoisotopic (exact) mass is 273 g/mol. The molecule has 1 rings (SSSR count). The first-order chi connectivity index (χ1) is 9.24. The Hall–Kier alpha value is -0.950. The average Bonchev–Trinajstić information content (AvgIpc) is 2.83. The lowest BCUT2D eigenvalue weighted by Crippen LogP contribution is -2.22. The van der Waals surface area contributed by atoms with Crippen LogP contribution in [-0.2, 0) is 23.7 Å². The van der Waals surface area contributed by atoms with Crippen LogP contribution in [0.5, 0.6) is 0 Å². The maximum absolute atomic E-state index is 11.6. The smallest absolute Gasteiger partial charge is 0.312 e. The summed E-state index contributed by atoms with van der Waals surface area (Å²) >= 11 is 0. The van der Waals surface area contributed by atoms with E-state index in [0.29, 0.717) is 39.5 Å². The molecule has 1 aliphatic carbocycles. The minimum absolute atomic E-state index is 0.0296. The van der Waals surface area contributed by atoms with Gasteiger partial charge in [0.25, 0.3) is 0 Å². The van der Waals surface area contributed by atoms with Crippen molar-refractivity contribution in [2.45, 2.75) is 12.5 Å². The number of carbonyl (C=O) groups excluding carboxylic acids is 1. The Morgan fingerprint density at radius 3 is 2.32 bits per heavy atom. The molecule has 2 unspecified atom stereocenters. The summed E-state index contributed by atoms with van der Waals surface area (Å²) in [6.07, 6.45) is 4.27. The van der Waals surface area contributed by atoms with Crippen molar-refractivity contribution in [3.05, 3.63) is 12.2 Å². The molecule has 2 atom stereocenters. The van der Waals surface area contributed by atoms with Gasteiger partial charge in [0.15, 0.2) is 0 Å². The van der Waals surface area contributed by atoms with Gasteiger partial charge < -0.3 is 24.7 Å². The number of hydrogen-bond acceptors (Lipinski definition) is 6. The summed E-state index contributed by atoms with van der Waals surface area (Å²) in [5.74, 6) is -0.434. The fraction of sp³-hybridized carbons (Fsp3) is 0.769. The molecule has 0 amide bonds. The van der Waals surface area contributed by atoms with Gasteiger partial charge in [-0.05, 0) is 6.42 Å². The third kappa shape index (κ3) is 7.27. The number of carbonyl (C=O) groups is 1. The van der Waals surface area contributed by atoms with E-state index in [0.717, 1.165) is 0 Å². The molecule has 19 heavy (non-hydrogen) atoms. The predicted molar refractivity (Wildman–Crippen MR) is 69.7 cm³/mol. The van der Waals surface area contributed by atoms with Crippen LogP contribution >= 0.6 is 0 Å². The molecule has 0 aromatic heterocycles. The second-order valence-corrected chi connectivity index (χ2v) is 4.28. The fourth-order valence-electron chi connectivity index (χ4n) is 1.67. The molecule has 0 aromatic carbocycles. The van der Waals surface area contributed by atoms with Gasteiger partial charge in [-0.3, -0.25) is 4.79 Å². The van der Waals surface area contributed by atoms with Gasteiger partial charge in [-0.1, -0.05) is 12.2 Å². The van der Waals surface area contributed by atoms with Crippen molar-refractivity contribution in [3.8, 4) is 0 Å². The van der Waals surface area contributed by atoms with Crippen LogP contribution in [0.2, 0.25) is 0 Å². The van der Waals surface area contributed by atoms with Gasteiger partial charge in [-0.15, -0.1) is 0 Å². The lowest BCUT2D eigenvalue weighted by atomic mass is 10.1. The number of ether oxygens (including phenoxy) is 4. The number of esters is 1. The first-order valence-electron chi connectivity index (χ1n) is 6.49. The predicted octanol–water partition coefficient (Wildman–Crippen LogP) is 0.113. The molecule has 110 valence electrons. The van der Waals surface area contributed by atoms with E-state index in [1.165, 1.54) is 0 Å². The highest BCUT2D eigenvalue weighted by Crippen LogP contribution is 2.17. The summed E-state index contributed by atoms with van der Waals surface area (Å²) in [7, 11) is 1.63. The van der Waals surface area contributed by atoms with Crippen molar-refractivity contribution in [1.82, 2.24) is 0 Å². The highest BCUT2D eigenvalue weighted by atomic mass is 16.6. The van der Waals surface area contributed by atoms with E-state index in [1.807, 2.05) is 6.08 Å². The number of hydrogen-bond donors (Lipinski definition) is 1. The standard InChI is InChI=1S/C13H23NO5/c1-16-4-5-17-6-7-18-8-9-19-13(15)11-2-3-12(14)10-11/h2-3,11-12H,4-10,14H2,1H3. The lowest BCUT2D eigenvalue weighted by Gasteiger charge is -2.10. The Morgan fingerprint density at radius 2 is 1.74 bits per heavy atom. The molecule has 0 saturated heterocycles. The van der Waals surface area contributed by atoms with Crippen LogP contribution in [-0.4, -0.2) is 58.8 Å². The molecule has 0 aliphatic heterocycles. The van der Waals surface area contributed by atoms with Crippen molar-refractivity contribution < 1.29 is 23.7 Å². The molecule has 0 fully saturated rings. The van der Waals surface area contributed by atoms with Gasteiger partial charge >= 0.3 is 5.97 Å². The van der Waals surface area contributed by atoms with Crippen molar-refractivity contribution in [3.63, 3.8) is 0 Å². The molecule has 6 nitrogen and oxygen atoms in total. The average molecular weight is 273 g/mol. The van der Waals surface area contributed by atoms with Crippen molar-refractivity contribution in [1.29, 1.82) is 0 Å². The fourth-order valence-corrected chi connectivity index (χ4v) is 1.67. The van der Waals surface area contributed by atoms with Crippen molar-refractivity contribution in [2.75, 3.05) is 46.8 Å². The normalized spacial score (nSPS) is 21.8. The maximum Gasteiger partial charge on any atom is 0.312 e. The topological polar surface area (TPSA) is 80.0 Å². The Kier molecular flexibility index (Phi) is 8.40. The van der Waals surface area contributed by atoms with Crippen LogP contribution in [0.3, 0.4) is 0 Å². The summed E-state index contributed by atoms with van der Waals surface area (Å²) in [5.41, 5.74) is 5.67. The first-order valence-corrected chi connectivity index (χ1v) is 6.49. The Labute approximate surface area is 113 Å². The van der Waals surface area contributed by atoms with Gasteiger partial charge in [0.05, 0.1) is 39.0 Å². The van der Waals surface area contributed by atoms with Crippen molar-refractivity contribution in [2.24, 2.45) is 11.7 Å². The number of methoxy groups -OCH3 is 1. The Morgan fingerprint density at radius 1 is 1.11 bits per heavy atom. The molecule has 1 aliphatic rings. The van der Waals surface area contributed by atoms with Crippen LogP contribution in [0, 0.1) is 5.92 Å². The van der Waals surface area contributed by atoms with Gasteiger partial charge in [-0.2, -0.15) is 0 Å². The molecular formula is C13H23NO5. The summed E-state index contributed by atoms with van der Waals surface area (Å²) in [5, 5.41) is 0. The summed E-state index contributed by atoms with van der Waals surface area (Å²) < 4.78 is 20.4. The largest absolute Gasteiger partial charge is 0.463 e. The zero-order valence-electron chi connectivity index (χ0n) is 11.4. The summed E-state index contributed by atoms with van der Waals surface area (Å²) in [4.78, 5) is 11.6. The van der Waals surface area contributed by atoms with E-state index < -0.39 is 0 Å². The van der Waals surface area contributed by atoms with Crippen LogP contribution in [0.15, 0.2) is 12.2 Å². The zero-order valence-corrected chi connectivity index (χ0v) is 11.4. The quantitative estimate of drug-likeness (QED) is 0.346. The Bertz CT molecular complexity index is 282. The van der Waals surface area contributed by atoms with Crippen LogP contribution < -0.4 is 5.73 Å². The highest BCUT2D eigenvalue weighted by Gasteiger charge is 2.23. The second-order valence-electron chi connectivity index (χ2n) is 4.28. The van der Waals surface area contributed by atoms with E-state index >= 15 is 0 Å². The van der Waals surface area contributed by atoms with Crippen LogP contribution in [0.1, 0.15) is 6.42 Å². The molecular weight excluding hydrogens is 250 g/mol. The second kappa shape index (κ2) is 9.91. The van der Waals surface area contributed by atoms with Gasteiger partial charge in [0.1, 0.15) is 6.61 Å². The first kappa shape index (κ1) is 16.1. The van der Waals surface area contributed by atoms with Crippen molar-refractivity contribution >= 4 is 5.97 Å². The SMILES string of the molecule is COCCOCCOCCOC(=O)C1C=CC(N)C1. The molecule has 0 radical (unpaired) electrons. The molecule has 0 bridgehead atoms. The maximum atomic E-state index is 11.6. The van der Waals surface area contributed by atoms with Gasteiger partial charge in [-0.25, -0.2) is 0 Å². The summed E-state index contributed by atoms with van der Waals surface area (Å²) in [6, 6.07) is -0.0296. The summed E-state index contributed by atoms with van der Waals surface area (Å²) in [6.45, 7) is 2.77. The van der Waals surface area contributed by atoms with Crippen LogP contribution in [0.25, 0.3) is 0 Å². The van der Waals surface area contributed by atoms with Gasteiger partial charge in [0, 0.05) is 13.2 Å². The van der Waals surface area contributed by atoms with E-state index in [2.05, 4.69) is 0 Å². The zero-order chi connectivity index (χ0) is 13.9. The molecule has 0 aromatic rings. The highest BCUT2D eigenvalue weighted by molar-refractivity contribution is 5.75. The minimum atomic E-state index is -0.232. The van der Waals surface area contributed by atoms with E-state index in [-0.39, 0.29) is 24.5 Å². The third-order valence-corrected chi connectivity index (χ3v) is 2.70. The van der Waals surface area contributed by atoms with E-state index in [4.69, 9.17) is 24.7 Å². The van der Waals surface area contributed by atoms with E-state index in [9.17, 15) is 4.79 Å². The third-order valence-electron chi connectivity index (χ3n) is 2.70. The van der Waals surface area contributed by atoms with Crippen LogP contribution in [0.4, 0.5) is 0 Å². The molecule has 6 heteroatoms. The Balaban J connectivity index is 1.88. The molecule has 0 spiro atoms. The van der Waals surface area contributed by atoms with Gasteiger partial charge in [0.2, 0.25) is 0 Å². The van der Waals surface area contributed by atoms with E-state index in [1.54, 1.807) is 13.2 Å². The molecule has 0 heterocycles. The molecule has 2 N–H and O–H groups in total. The minimum Gasteiger partial charge on any atom is -0.463 e. The number of rotatable bonds is 10.